The Balaban J connectivity index is 2.27. The monoisotopic (exact) mass is 163 g/mol. The molecule has 0 spiro atoms. The SMILES string of the molecule is COc1ccccc1[C@H]1CCN1. The van der Waals surface area contributed by atoms with Gasteiger partial charge in [-0.2, -0.15) is 0 Å². The van der Waals surface area contributed by atoms with Gasteiger partial charge in [-0.25, -0.2) is 0 Å². The van der Waals surface area contributed by atoms with Gasteiger partial charge in [0.1, 0.15) is 5.75 Å². The van der Waals surface area contributed by atoms with E-state index in [-0.39, 0.29) is 0 Å². The zero-order valence-corrected chi connectivity index (χ0v) is 7.21. The summed E-state index contributed by atoms with van der Waals surface area (Å²) in [6.45, 7) is 1.13. The molecule has 1 heterocycles. The summed E-state index contributed by atoms with van der Waals surface area (Å²) in [6.07, 6.45) is 1.22. The van der Waals surface area contributed by atoms with Crippen LogP contribution in [0.4, 0.5) is 0 Å². The number of nitrogens with one attached hydrogen (secondary N) is 1. The van der Waals surface area contributed by atoms with Crippen molar-refractivity contribution in [3.63, 3.8) is 0 Å². The summed E-state index contributed by atoms with van der Waals surface area (Å²) >= 11 is 0. The molecule has 64 valence electrons. The van der Waals surface area contributed by atoms with Crippen LogP contribution in [0.5, 0.6) is 5.75 Å². The van der Waals surface area contributed by atoms with Gasteiger partial charge in [0.25, 0.3) is 0 Å². The van der Waals surface area contributed by atoms with E-state index in [9.17, 15) is 0 Å². The first-order chi connectivity index (χ1) is 5.92. The summed E-state index contributed by atoms with van der Waals surface area (Å²) < 4.78 is 5.26. The fraction of sp³-hybridized carbons (Fsp3) is 0.400. The summed E-state index contributed by atoms with van der Waals surface area (Å²) in [7, 11) is 1.72. The third kappa shape index (κ3) is 1.18. The number of ether oxygens (including phenoxy) is 1. The highest BCUT2D eigenvalue weighted by molar-refractivity contribution is 5.36. The lowest BCUT2D eigenvalue weighted by atomic mass is 9.97. The molecule has 0 radical (unpaired) electrons. The Morgan fingerprint density at radius 2 is 2.17 bits per heavy atom. The summed E-state index contributed by atoms with van der Waals surface area (Å²) in [5.41, 5.74) is 1.28. The molecule has 0 saturated carbocycles. The predicted molar refractivity (Wildman–Crippen MR) is 48.4 cm³/mol. The van der Waals surface area contributed by atoms with Gasteiger partial charge in [-0.05, 0) is 19.0 Å². The van der Waals surface area contributed by atoms with Crippen molar-refractivity contribution in [1.82, 2.24) is 5.32 Å². The van der Waals surface area contributed by atoms with Gasteiger partial charge in [-0.15, -0.1) is 0 Å². The Morgan fingerprint density at radius 1 is 1.42 bits per heavy atom. The van der Waals surface area contributed by atoms with Crippen LogP contribution >= 0.6 is 0 Å². The predicted octanol–water partition coefficient (Wildman–Crippen LogP) is 1.73. The maximum absolute atomic E-state index is 5.26. The fourth-order valence-corrected chi connectivity index (χ4v) is 1.51. The van der Waals surface area contributed by atoms with Gasteiger partial charge < -0.3 is 10.1 Å². The third-order valence-electron chi connectivity index (χ3n) is 2.34. The Hall–Kier alpha value is -1.02. The molecule has 0 unspecified atom stereocenters. The van der Waals surface area contributed by atoms with Gasteiger partial charge in [0.2, 0.25) is 0 Å². The van der Waals surface area contributed by atoms with Gasteiger partial charge >= 0.3 is 0 Å². The van der Waals surface area contributed by atoms with E-state index in [1.54, 1.807) is 7.11 Å². The Morgan fingerprint density at radius 3 is 2.75 bits per heavy atom. The highest BCUT2D eigenvalue weighted by Crippen LogP contribution is 2.30. The highest BCUT2D eigenvalue weighted by Gasteiger charge is 2.20. The summed E-state index contributed by atoms with van der Waals surface area (Å²) in [4.78, 5) is 0. The molecule has 1 aliphatic rings. The van der Waals surface area contributed by atoms with E-state index < -0.39 is 0 Å². The molecule has 1 N–H and O–H groups in total. The Labute approximate surface area is 72.5 Å². The summed E-state index contributed by atoms with van der Waals surface area (Å²) in [5, 5.41) is 3.36. The first kappa shape index (κ1) is 7.62. The number of methoxy groups -OCH3 is 1. The molecule has 1 saturated heterocycles. The van der Waals surface area contributed by atoms with Crippen LogP contribution in [-0.2, 0) is 0 Å². The molecule has 1 atom stereocenters. The maximum Gasteiger partial charge on any atom is 0.123 e. The van der Waals surface area contributed by atoms with Crippen molar-refractivity contribution < 1.29 is 4.74 Å². The Bertz CT molecular complexity index is 268. The van der Waals surface area contributed by atoms with E-state index in [4.69, 9.17) is 4.74 Å². The molecule has 1 aromatic carbocycles. The molecule has 1 aliphatic heterocycles. The van der Waals surface area contributed by atoms with Crippen LogP contribution < -0.4 is 10.1 Å². The third-order valence-corrected chi connectivity index (χ3v) is 2.34. The highest BCUT2D eigenvalue weighted by atomic mass is 16.5. The molecule has 0 aromatic heterocycles. The van der Waals surface area contributed by atoms with Crippen molar-refractivity contribution in [2.45, 2.75) is 12.5 Å². The fourth-order valence-electron chi connectivity index (χ4n) is 1.51. The number of para-hydroxylation sites is 1. The van der Waals surface area contributed by atoms with E-state index in [1.165, 1.54) is 12.0 Å². The zero-order valence-electron chi connectivity index (χ0n) is 7.21. The lowest BCUT2D eigenvalue weighted by molar-refractivity contribution is 0.353. The van der Waals surface area contributed by atoms with Crippen molar-refractivity contribution in [3.05, 3.63) is 29.8 Å². The van der Waals surface area contributed by atoms with Gasteiger partial charge in [0.05, 0.1) is 7.11 Å². The van der Waals surface area contributed by atoms with E-state index in [2.05, 4.69) is 17.4 Å². The van der Waals surface area contributed by atoms with Crippen molar-refractivity contribution in [2.24, 2.45) is 0 Å². The molecule has 0 aliphatic carbocycles. The lowest BCUT2D eigenvalue weighted by Gasteiger charge is -2.29. The van der Waals surface area contributed by atoms with E-state index in [0.29, 0.717) is 6.04 Å². The second-order valence-corrected chi connectivity index (χ2v) is 3.04. The smallest absolute Gasteiger partial charge is 0.123 e. The van der Waals surface area contributed by atoms with E-state index in [1.807, 2.05) is 12.1 Å². The van der Waals surface area contributed by atoms with Gasteiger partial charge in [-0.1, -0.05) is 18.2 Å². The standard InChI is InChI=1S/C10H13NO/c1-12-10-5-3-2-4-8(10)9-6-7-11-9/h2-5,9,11H,6-7H2,1H3/t9-/m1/s1. The number of hydrogen-bond acceptors (Lipinski definition) is 2. The first-order valence-corrected chi connectivity index (χ1v) is 4.28. The number of benzene rings is 1. The van der Waals surface area contributed by atoms with Crippen LogP contribution in [0.15, 0.2) is 24.3 Å². The molecule has 2 nitrogen and oxygen atoms in total. The van der Waals surface area contributed by atoms with Crippen LogP contribution in [0.1, 0.15) is 18.0 Å². The van der Waals surface area contributed by atoms with E-state index in [0.717, 1.165) is 12.3 Å². The maximum atomic E-state index is 5.26. The van der Waals surface area contributed by atoms with Gasteiger partial charge in [0.15, 0.2) is 0 Å². The average Bonchev–Trinajstić information content (AvgIpc) is 2.02. The number of rotatable bonds is 2. The molecule has 2 rings (SSSR count). The van der Waals surface area contributed by atoms with Crippen molar-refractivity contribution in [3.8, 4) is 5.75 Å². The first-order valence-electron chi connectivity index (χ1n) is 4.28. The minimum atomic E-state index is 0.515. The lowest BCUT2D eigenvalue weighted by Crippen LogP contribution is -2.35. The number of hydrogen-bond donors (Lipinski definition) is 1. The normalized spacial score (nSPS) is 21.6. The molecular weight excluding hydrogens is 150 g/mol. The van der Waals surface area contributed by atoms with Crippen molar-refractivity contribution in [2.75, 3.05) is 13.7 Å². The van der Waals surface area contributed by atoms with Gasteiger partial charge in [0, 0.05) is 11.6 Å². The van der Waals surface area contributed by atoms with Crippen LogP contribution in [0.3, 0.4) is 0 Å². The van der Waals surface area contributed by atoms with Crippen LogP contribution in [0.2, 0.25) is 0 Å². The van der Waals surface area contributed by atoms with Crippen LogP contribution in [0.25, 0.3) is 0 Å². The van der Waals surface area contributed by atoms with Gasteiger partial charge in [-0.3, -0.25) is 0 Å². The van der Waals surface area contributed by atoms with Crippen LogP contribution in [-0.4, -0.2) is 13.7 Å². The molecule has 1 aromatic rings. The van der Waals surface area contributed by atoms with Crippen LogP contribution in [0, 0.1) is 0 Å². The average molecular weight is 163 g/mol. The summed E-state index contributed by atoms with van der Waals surface area (Å²) in [6, 6.07) is 8.70. The van der Waals surface area contributed by atoms with E-state index >= 15 is 0 Å². The molecular formula is C10H13NO. The second-order valence-electron chi connectivity index (χ2n) is 3.04. The van der Waals surface area contributed by atoms with Crippen molar-refractivity contribution in [1.29, 1.82) is 0 Å². The second kappa shape index (κ2) is 3.15. The van der Waals surface area contributed by atoms with Crippen molar-refractivity contribution >= 4 is 0 Å². The molecule has 0 amide bonds. The quantitative estimate of drug-likeness (QED) is 0.717. The minimum Gasteiger partial charge on any atom is -0.496 e. The molecule has 2 heteroatoms. The summed E-state index contributed by atoms with van der Waals surface area (Å²) in [5.74, 6) is 0.995. The molecule has 1 fully saturated rings. The minimum absolute atomic E-state index is 0.515. The Kier molecular flexibility index (Phi) is 2.00. The molecule has 12 heavy (non-hydrogen) atoms. The zero-order chi connectivity index (χ0) is 8.39. The topological polar surface area (TPSA) is 21.3 Å². The molecule has 0 bridgehead atoms. The largest absolute Gasteiger partial charge is 0.496 e.